The van der Waals surface area contributed by atoms with Crippen LogP contribution in [0.15, 0.2) is 0 Å². The summed E-state index contributed by atoms with van der Waals surface area (Å²) in [5, 5.41) is 12.2. The van der Waals surface area contributed by atoms with Gasteiger partial charge in [0.05, 0.1) is 6.07 Å². The number of hydrogen-bond acceptors (Lipinski definition) is 3. The van der Waals surface area contributed by atoms with Crippen molar-refractivity contribution >= 4 is 0 Å². The molecule has 1 heterocycles. The Morgan fingerprint density at radius 2 is 2.07 bits per heavy atom. The van der Waals surface area contributed by atoms with Gasteiger partial charge in [0, 0.05) is 19.0 Å². The summed E-state index contributed by atoms with van der Waals surface area (Å²) in [5.74, 6) is 0. The molecule has 0 radical (unpaired) electrons. The summed E-state index contributed by atoms with van der Waals surface area (Å²) in [6.45, 7) is 3.44. The van der Waals surface area contributed by atoms with Crippen molar-refractivity contribution in [1.29, 1.82) is 5.26 Å². The maximum atomic E-state index is 8.79. The van der Waals surface area contributed by atoms with Crippen LogP contribution in [0.1, 0.15) is 32.1 Å². The first-order chi connectivity index (χ1) is 7.26. The number of piperidine rings is 1. The van der Waals surface area contributed by atoms with E-state index in [4.69, 9.17) is 5.26 Å². The van der Waals surface area contributed by atoms with Crippen molar-refractivity contribution in [3.8, 4) is 6.07 Å². The van der Waals surface area contributed by atoms with Crippen molar-refractivity contribution in [3.05, 3.63) is 0 Å². The number of rotatable bonds is 4. The van der Waals surface area contributed by atoms with E-state index in [0.29, 0.717) is 5.41 Å². The molecule has 2 rings (SSSR count). The lowest BCUT2D eigenvalue weighted by Crippen LogP contribution is -2.43. The summed E-state index contributed by atoms with van der Waals surface area (Å²) in [6, 6.07) is 3.08. The molecule has 0 unspecified atom stereocenters. The molecule has 84 valence electrons. The highest BCUT2D eigenvalue weighted by Gasteiger charge is 2.43. The SMILES string of the molecule is CN(CC1(CC#N)CC1)C1CCNCC1. The lowest BCUT2D eigenvalue weighted by atomic mass is 9.99. The zero-order valence-corrected chi connectivity index (χ0v) is 9.63. The topological polar surface area (TPSA) is 39.1 Å². The number of nitrogens with one attached hydrogen (secondary N) is 1. The van der Waals surface area contributed by atoms with Gasteiger partial charge in [0.2, 0.25) is 0 Å². The molecule has 1 aliphatic heterocycles. The van der Waals surface area contributed by atoms with Gasteiger partial charge in [0.1, 0.15) is 0 Å². The fourth-order valence-corrected chi connectivity index (χ4v) is 2.64. The third kappa shape index (κ3) is 2.70. The van der Waals surface area contributed by atoms with Crippen molar-refractivity contribution < 1.29 is 0 Å². The van der Waals surface area contributed by atoms with Crippen molar-refractivity contribution in [1.82, 2.24) is 10.2 Å². The Hall–Kier alpha value is -0.590. The molecular weight excluding hydrogens is 186 g/mol. The van der Waals surface area contributed by atoms with Crippen LogP contribution in [0, 0.1) is 16.7 Å². The van der Waals surface area contributed by atoms with E-state index in [1.54, 1.807) is 0 Å². The first-order valence-electron chi connectivity index (χ1n) is 6.04. The number of hydrogen-bond donors (Lipinski definition) is 1. The monoisotopic (exact) mass is 207 g/mol. The average molecular weight is 207 g/mol. The normalized spacial score (nSPS) is 25.1. The predicted molar refractivity (Wildman–Crippen MR) is 60.4 cm³/mol. The number of nitrogens with zero attached hydrogens (tertiary/aromatic N) is 2. The Morgan fingerprint density at radius 3 is 2.60 bits per heavy atom. The summed E-state index contributed by atoms with van der Waals surface area (Å²) in [7, 11) is 2.23. The van der Waals surface area contributed by atoms with Crippen LogP contribution in [0.4, 0.5) is 0 Å². The van der Waals surface area contributed by atoms with Crippen molar-refractivity contribution in [3.63, 3.8) is 0 Å². The third-order valence-corrected chi connectivity index (χ3v) is 3.93. The smallest absolute Gasteiger partial charge is 0.0628 e. The van der Waals surface area contributed by atoms with Crippen LogP contribution >= 0.6 is 0 Å². The van der Waals surface area contributed by atoms with Gasteiger partial charge in [-0.1, -0.05) is 0 Å². The molecule has 2 aliphatic rings. The zero-order chi connectivity index (χ0) is 10.7. The van der Waals surface area contributed by atoms with Gasteiger partial charge in [-0.05, 0) is 51.2 Å². The summed E-state index contributed by atoms with van der Waals surface area (Å²) in [5.41, 5.74) is 0.369. The molecule has 1 saturated carbocycles. The minimum absolute atomic E-state index is 0.369. The Bertz CT molecular complexity index is 246. The van der Waals surface area contributed by atoms with Gasteiger partial charge in [-0.2, -0.15) is 5.26 Å². The van der Waals surface area contributed by atoms with E-state index in [2.05, 4.69) is 23.3 Å². The second-order valence-electron chi connectivity index (χ2n) is 5.23. The molecule has 0 aromatic heterocycles. The van der Waals surface area contributed by atoms with Gasteiger partial charge < -0.3 is 10.2 Å². The molecule has 1 N–H and O–H groups in total. The Labute approximate surface area is 92.4 Å². The fourth-order valence-electron chi connectivity index (χ4n) is 2.64. The van der Waals surface area contributed by atoms with Gasteiger partial charge in [-0.3, -0.25) is 0 Å². The van der Waals surface area contributed by atoms with Crippen molar-refractivity contribution in [2.45, 2.75) is 38.1 Å². The van der Waals surface area contributed by atoms with Crippen LogP contribution in [0.2, 0.25) is 0 Å². The van der Waals surface area contributed by atoms with E-state index in [-0.39, 0.29) is 0 Å². The van der Waals surface area contributed by atoms with Crippen LogP contribution in [0.3, 0.4) is 0 Å². The molecule has 3 heteroatoms. The quantitative estimate of drug-likeness (QED) is 0.756. The standard InChI is InChI=1S/C12H21N3/c1-15(11-2-8-14-9-3-11)10-12(4-5-12)6-7-13/h11,14H,2-6,8-10H2,1H3. The predicted octanol–water partition coefficient (Wildman–Crippen LogP) is 1.36. The van der Waals surface area contributed by atoms with Crippen molar-refractivity contribution in [2.75, 3.05) is 26.7 Å². The van der Waals surface area contributed by atoms with Gasteiger partial charge in [-0.15, -0.1) is 0 Å². The number of nitriles is 1. The van der Waals surface area contributed by atoms with E-state index < -0.39 is 0 Å². The van der Waals surface area contributed by atoms with Gasteiger partial charge in [0.25, 0.3) is 0 Å². The summed E-state index contributed by atoms with van der Waals surface area (Å²) in [6.07, 6.45) is 5.80. The maximum Gasteiger partial charge on any atom is 0.0628 e. The highest BCUT2D eigenvalue weighted by atomic mass is 15.2. The molecule has 0 bridgehead atoms. The molecule has 1 aliphatic carbocycles. The maximum absolute atomic E-state index is 8.79. The lowest BCUT2D eigenvalue weighted by Gasteiger charge is -2.33. The first-order valence-corrected chi connectivity index (χ1v) is 6.04. The van der Waals surface area contributed by atoms with E-state index >= 15 is 0 Å². The second kappa shape index (κ2) is 4.51. The Morgan fingerprint density at radius 1 is 1.40 bits per heavy atom. The van der Waals surface area contributed by atoms with E-state index in [1.807, 2.05) is 0 Å². The van der Waals surface area contributed by atoms with Crippen LogP contribution in [-0.2, 0) is 0 Å². The fraction of sp³-hybridized carbons (Fsp3) is 0.917. The third-order valence-electron chi connectivity index (χ3n) is 3.93. The van der Waals surface area contributed by atoms with Crippen LogP contribution < -0.4 is 5.32 Å². The highest BCUT2D eigenvalue weighted by molar-refractivity contribution is 5.01. The summed E-state index contributed by atoms with van der Waals surface area (Å²) < 4.78 is 0. The van der Waals surface area contributed by atoms with Crippen molar-refractivity contribution in [2.24, 2.45) is 5.41 Å². The first kappa shape index (κ1) is 10.9. The molecule has 3 nitrogen and oxygen atoms in total. The minimum Gasteiger partial charge on any atom is -0.317 e. The molecule has 0 amide bonds. The van der Waals surface area contributed by atoms with Crippen LogP contribution in [0.25, 0.3) is 0 Å². The van der Waals surface area contributed by atoms with E-state index in [9.17, 15) is 0 Å². The van der Waals surface area contributed by atoms with Crippen LogP contribution in [0.5, 0.6) is 0 Å². The zero-order valence-electron chi connectivity index (χ0n) is 9.63. The second-order valence-corrected chi connectivity index (χ2v) is 5.23. The average Bonchev–Trinajstić information content (AvgIpc) is 3.00. The van der Waals surface area contributed by atoms with Gasteiger partial charge in [-0.25, -0.2) is 0 Å². The lowest BCUT2D eigenvalue weighted by molar-refractivity contribution is 0.165. The van der Waals surface area contributed by atoms with E-state index in [1.165, 1.54) is 25.7 Å². The summed E-state index contributed by atoms with van der Waals surface area (Å²) in [4.78, 5) is 2.49. The Balaban J connectivity index is 1.81. The molecule has 0 atom stereocenters. The Kier molecular flexibility index (Phi) is 3.28. The largest absolute Gasteiger partial charge is 0.317 e. The molecule has 0 spiro atoms. The molecule has 0 aromatic rings. The van der Waals surface area contributed by atoms with Crippen LogP contribution in [-0.4, -0.2) is 37.6 Å². The molecule has 15 heavy (non-hydrogen) atoms. The van der Waals surface area contributed by atoms with Gasteiger partial charge in [0.15, 0.2) is 0 Å². The molecule has 2 fully saturated rings. The molecule has 1 saturated heterocycles. The van der Waals surface area contributed by atoms with E-state index in [0.717, 1.165) is 32.1 Å². The summed E-state index contributed by atoms with van der Waals surface area (Å²) >= 11 is 0. The molecular formula is C12H21N3. The minimum atomic E-state index is 0.369. The highest BCUT2D eigenvalue weighted by Crippen LogP contribution is 2.49. The molecule has 0 aromatic carbocycles. The van der Waals surface area contributed by atoms with Gasteiger partial charge >= 0.3 is 0 Å².